The molecule has 0 spiro atoms. The van der Waals surface area contributed by atoms with Gasteiger partial charge >= 0.3 is 5.97 Å². The van der Waals surface area contributed by atoms with Gasteiger partial charge in [-0.3, -0.25) is 4.79 Å². The average molecular weight is 505 g/mol. The number of nitrogens with zero attached hydrogens (tertiary/aromatic N) is 3. The van der Waals surface area contributed by atoms with Crippen LogP contribution in [-0.2, 0) is 9.53 Å². The van der Waals surface area contributed by atoms with E-state index in [0.717, 1.165) is 22.5 Å². The highest BCUT2D eigenvalue weighted by Gasteiger charge is 2.23. The highest BCUT2D eigenvalue weighted by molar-refractivity contribution is 6.30. The van der Waals surface area contributed by atoms with E-state index >= 15 is 0 Å². The number of ether oxygens (including phenoxy) is 2. The molecule has 0 atom stereocenters. The first-order chi connectivity index (χ1) is 17.5. The number of benzene rings is 3. The van der Waals surface area contributed by atoms with Gasteiger partial charge in [0, 0.05) is 42.5 Å². The first-order valence-corrected chi connectivity index (χ1v) is 12.0. The number of methoxy groups -OCH3 is 1. The summed E-state index contributed by atoms with van der Waals surface area (Å²) in [5.41, 5.74) is 3.72. The number of H-pyrrole nitrogens is 1. The van der Waals surface area contributed by atoms with E-state index in [9.17, 15) is 9.59 Å². The van der Waals surface area contributed by atoms with E-state index in [0.29, 0.717) is 48.1 Å². The fourth-order valence-electron chi connectivity index (χ4n) is 4.21. The zero-order valence-electron chi connectivity index (χ0n) is 19.7. The van der Waals surface area contributed by atoms with Crippen LogP contribution in [0.1, 0.15) is 10.4 Å². The monoisotopic (exact) mass is 504 g/mol. The Morgan fingerprint density at radius 1 is 1.00 bits per heavy atom. The van der Waals surface area contributed by atoms with Crippen molar-refractivity contribution in [3.8, 4) is 17.1 Å². The summed E-state index contributed by atoms with van der Waals surface area (Å²) < 4.78 is 10.5. The summed E-state index contributed by atoms with van der Waals surface area (Å²) in [4.78, 5) is 37.0. The molecular formula is C27H25ClN4O4. The van der Waals surface area contributed by atoms with Crippen LogP contribution in [0, 0.1) is 0 Å². The summed E-state index contributed by atoms with van der Waals surface area (Å²) in [6.45, 7) is 2.18. The summed E-state index contributed by atoms with van der Waals surface area (Å²) in [6, 6.07) is 20.3. The van der Waals surface area contributed by atoms with Gasteiger partial charge in [0.25, 0.3) is 5.91 Å². The van der Waals surface area contributed by atoms with Gasteiger partial charge in [0.05, 0.1) is 23.7 Å². The molecule has 0 bridgehead atoms. The van der Waals surface area contributed by atoms with Gasteiger partial charge in [-0.05, 0) is 60.7 Å². The molecule has 1 aliphatic rings. The maximum atomic E-state index is 12.6. The van der Waals surface area contributed by atoms with Gasteiger partial charge in [0.2, 0.25) is 0 Å². The largest absolute Gasteiger partial charge is 0.497 e. The van der Waals surface area contributed by atoms with Crippen molar-refractivity contribution in [3.05, 3.63) is 77.3 Å². The second kappa shape index (κ2) is 10.3. The van der Waals surface area contributed by atoms with Gasteiger partial charge in [-0.2, -0.15) is 0 Å². The lowest BCUT2D eigenvalue weighted by atomic mass is 10.2. The Balaban J connectivity index is 1.17. The number of hydrogen-bond donors (Lipinski definition) is 1. The molecule has 1 saturated heterocycles. The molecule has 2 heterocycles. The van der Waals surface area contributed by atoms with Gasteiger partial charge in [-0.15, -0.1) is 0 Å². The average Bonchev–Trinajstić information content (AvgIpc) is 3.35. The van der Waals surface area contributed by atoms with Gasteiger partial charge in [0.15, 0.2) is 6.61 Å². The fraction of sp³-hybridized carbons (Fsp3) is 0.222. The molecule has 0 aliphatic carbocycles. The number of anilines is 1. The number of aromatic nitrogens is 2. The maximum absolute atomic E-state index is 12.6. The number of imidazole rings is 1. The molecule has 184 valence electrons. The first-order valence-electron chi connectivity index (χ1n) is 11.6. The number of halogens is 1. The Kier molecular flexibility index (Phi) is 6.77. The minimum Gasteiger partial charge on any atom is -0.497 e. The van der Waals surface area contributed by atoms with Gasteiger partial charge in [0.1, 0.15) is 11.6 Å². The van der Waals surface area contributed by atoms with Crippen molar-refractivity contribution < 1.29 is 19.1 Å². The van der Waals surface area contributed by atoms with Crippen LogP contribution in [0.3, 0.4) is 0 Å². The SMILES string of the molecule is COc1ccc(-c2nc3ccc(C(=O)OCC(=O)N4CCN(c5cccc(Cl)c5)CC4)cc3[nH]2)cc1. The molecule has 0 saturated carbocycles. The molecule has 8 nitrogen and oxygen atoms in total. The van der Waals surface area contributed by atoms with Gasteiger partial charge in [-0.1, -0.05) is 17.7 Å². The molecule has 1 amide bonds. The van der Waals surface area contributed by atoms with Crippen LogP contribution in [0.4, 0.5) is 5.69 Å². The van der Waals surface area contributed by atoms with Crippen LogP contribution in [0.25, 0.3) is 22.4 Å². The Hall–Kier alpha value is -4.04. The number of hydrogen-bond acceptors (Lipinski definition) is 6. The lowest BCUT2D eigenvalue weighted by Gasteiger charge is -2.36. The molecule has 9 heteroatoms. The normalized spacial score (nSPS) is 13.6. The summed E-state index contributed by atoms with van der Waals surface area (Å²) >= 11 is 6.09. The van der Waals surface area contributed by atoms with E-state index in [1.165, 1.54) is 0 Å². The van der Waals surface area contributed by atoms with Crippen molar-refractivity contribution >= 4 is 40.2 Å². The minimum atomic E-state index is -0.552. The molecule has 5 rings (SSSR count). The summed E-state index contributed by atoms with van der Waals surface area (Å²) in [5, 5.41) is 0.684. The number of piperazine rings is 1. The van der Waals surface area contributed by atoms with Crippen molar-refractivity contribution in [2.75, 3.05) is 44.8 Å². The summed E-state index contributed by atoms with van der Waals surface area (Å²) in [7, 11) is 1.62. The fourth-order valence-corrected chi connectivity index (χ4v) is 4.40. The number of fused-ring (bicyclic) bond motifs is 1. The third-order valence-corrected chi connectivity index (χ3v) is 6.45. The molecule has 1 aliphatic heterocycles. The van der Waals surface area contributed by atoms with E-state index in [1.54, 1.807) is 30.2 Å². The van der Waals surface area contributed by atoms with Gasteiger partial charge in [-0.25, -0.2) is 9.78 Å². The third-order valence-electron chi connectivity index (χ3n) is 6.21. The first kappa shape index (κ1) is 23.7. The number of amides is 1. The van der Waals surface area contributed by atoms with Crippen molar-refractivity contribution in [3.63, 3.8) is 0 Å². The Labute approximate surface area is 213 Å². The topological polar surface area (TPSA) is 87.8 Å². The quantitative estimate of drug-likeness (QED) is 0.392. The predicted molar refractivity (Wildman–Crippen MR) is 139 cm³/mol. The Bertz CT molecular complexity index is 1390. The maximum Gasteiger partial charge on any atom is 0.338 e. The zero-order chi connectivity index (χ0) is 25.1. The van der Waals surface area contributed by atoms with E-state index < -0.39 is 5.97 Å². The molecule has 1 N–H and O–H groups in total. The number of carbonyl (C=O) groups excluding carboxylic acids is 2. The van der Waals surface area contributed by atoms with Crippen LogP contribution >= 0.6 is 11.6 Å². The lowest BCUT2D eigenvalue weighted by molar-refractivity contribution is -0.134. The molecular weight excluding hydrogens is 480 g/mol. The van der Waals surface area contributed by atoms with Crippen LogP contribution in [-0.4, -0.2) is 66.6 Å². The van der Waals surface area contributed by atoms with Gasteiger partial charge < -0.3 is 24.3 Å². The number of carbonyl (C=O) groups is 2. The third kappa shape index (κ3) is 5.13. The van der Waals surface area contributed by atoms with Crippen LogP contribution in [0.5, 0.6) is 5.75 Å². The van der Waals surface area contributed by atoms with Crippen LogP contribution in [0.15, 0.2) is 66.7 Å². The predicted octanol–water partition coefficient (Wildman–Crippen LogP) is 4.40. The van der Waals surface area contributed by atoms with Crippen molar-refractivity contribution in [1.82, 2.24) is 14.9 Å². The number of esters is 1. The van der Waals surface area contributed by atoms with Crippen molar-refractivity contribution in [2.24, 2.45) is 0 Å². The van der Waals surface area contributed by atoms with Crippen molar-refractivity contribution in [1.29, 1.82) is 0 Å². The number of rotatable bonds is 6. The van der Waals surface area contributed by atoms with Crippen LogP contribution < -0.4 is 9.64 Å². The molecule has 0 unspecified atom stereocenters. The van der Waals surface area contributed by atoms with E-state index in [4.69, 9.17) is 21.1 Å². The molecule has 1 fully saturated rings. The molecule has 3 aromatic carbocycles. The van der Waals surface area contributed by atoms with Crippen LogP contribution in [0.2, 0.25) is 5.02 Å². The second-order valence-corrected chi connectivity index (χ2v) is 8.91. The van der Waals surface area contributed by atoms with Crippen molar-refractivity contribution in [2.45, 2.75) is 0 Å². The lowest BCUT2D eigenvalue weighted by Crippen LogP contribution is -2.49. The molecule has 0 radical (unpaired) electrons. The number of nitrogens with one attached hydrogen (secondary N) is 1. The van der Waals surface area contributed by atoms with E-state index in [1.807, 2.05) is 48.5 Å². The highest BCUT2D eigenvalue weighted by atomic mass is 35.5. The minimum absolute atomic E-state index is 0.210. The highest BCUT2D eigenvalue weighted by Crippen LogP contribution is 2.24. The summed E-state index contributed by atoms with van der Waals surface area (Å²) in [6.07, 6.45) is 0. The Morgan fingerprint density at radius 2 is 1.78 bits per heavy atom. The summed E-state index contributed by atoms with van der Waals surface area (Å²) in [5.74, 6) is 0.685. The van der Waals surface area contributed by atoms with E-state index in [-0.39, 0.29) is 12.5 Å². The Morgan fingerprint density at radius 3 is 2.50 bits per heavy atom. The molecule has 1 aromatic heterocycles. The second-order valence-electron chi connectivity index (χ2n) is 8.47. The molecule has 36 heavy (non-hydrogen) atoms. The smallest absolute Gasteiger partial charge is 0.338 e. The van der Waals surface area contributed by atoms with E-state index in [2.05, 4.69) is 14.9 Å². The number of aromatic amines is 1. The molecule has 4 aromatic rings. The zero-order valence-corrected chi connectivity index (χ0v) is 20.5. The standard InChI is InChI=1S/C27H25ClN4O4/c1-35-22-8-5-18(6-9-22)26-29-23-10-7-19(15-24(23)30-26)27(34)36-17-25(33)32-13-11-31(12-14-32)21-4-2-3-20(28)16-21/h2-10,15-16H,11-14,17H2,1H3,(H,29,30).